The van der Waals surface area contributed by atoms with Crippen molar-refractivity contribution in [2.45, 2.75) is 35.9 Å². The minimum absolute atomic E-state index is 0.0598. The van der Waals surface area contributed by atoms with Crippen LogP contribution in [0.4, 0.5) is 11.4 Å². The fraction of sp³-hybridized carbons (Fsp3) is 0.458. The fourth-order valence-electron chi connectivity index (χ4n) is 3.50. The number of ketones is 1. The number of carbonyl (C=O) groups is 1. The Balaban J connectivity index is 1.82. The molecule has 2 aromatic rings. The number of para-hydroxylation sites is 1. The van der Waals surface area contributed by atoms with Crippen LogP contribution in [0.15, 0.2) is 52.3 Å². The zero-order valence-corrected chi connectivity index (χ0v) is 17.8. The summed E-state index contributed by atoms with van der Waals surface area (Å²) in [5.74, 6) is -0.0598. The van der Waals surface area contributed by atoms with E-state index in [1.54, 1.807) is 30.3 Å². The highest BCUT2D eigenvalue weighted by molar-refractivity contribution is 7.99. The van der Waals surface area contributed by atoms with Crippen molar-refractivity contribution in [2.75, 3.05) is 51.1 Å². The van der Waals surface area contributed by atoms with E-state index in [1.165, 1.54) is 21.6 Å². The van der Waals surface area contributed by atoms with E-state index in [0.29, 0.717) is 60.9 Å². The van der Waals surface area contributed by atoms with Gasteiger partial charge in [0, 0.05) is 62.7 Å². The number of hydrogen-bond donors (Lipinski definition) is 0. The fourth-order valence-corrected chi connectivity index (χ4v) is 4.54. The Labute approximate surface area is 187 Å². The largest absolute Gasteiger partial charge is 0.340 e. The maximum absolute atomic E-state index is 12.7. The van der Waals surface area contributed by atoms with Crippen molar-refractivity contribution < 1.29 is 13.0 Å². The average molecular weight is 416 g/mol. The van der Waals surface area contributed by atoms with Crippen LogP contribution in [0, 0.1) is 0 Å². The summed E-state index contributed by atoms with van der Waals surface area (Å²) in [4.78, 5) is 18.8. The van der Waals surface area contributed by atoms with Crippen LogP contribution in [0.2, 0.25) is 0 Å². The first-order chi connectivity index (χ1) is 16.4. The molecule has 0 N–H and O–H groups in total. The second kappa shape index (κ2) is 9.33. The van der Waals surface area contributed by atoms with Gasteiger partial charge < -0.3 is 14.7 Å². The van der Waals surface area contributed by atoms with Gasteiger partial charge in [0.25, 0.3) is 0 Å². The molecule has 2 aliphatic rings. The minimum Gasteiger partial charge on any atom is -0.340 e. The summed E-state index contributed by atoms with van der Waals surface area (Å²) in [7, 11) is 1.93. The monoisotopic (exact) mass is 415 g/mol. The van der Waals surface area contributed by atoms with Crippen molar-refractivity contribution >= 4 is 28.9 Å². The predicted molar refractivity (Wildman–Crippen MR) is 122 cm³/mol. The van der Waals surface area contributed by atoms with Gasteiger partial charge in [-0.05, 0) is 50.6 Å². The van der Waals surface area contributed by atoms with Crippen molar-refractivity contribution in [3.63, 3.8) is 0 Å². The van der Waals surface area contributed by atoms with Crippen molar-refractivity contribution in [2.24, 2.45) is 0 Å². The standard InChI is InChI=1S/C24H31N3OS/c1-3-7-22(28)19-10-11-24-21(18-19)27(20-8-4-5-9-23(20)29-24)13-6-12-26-16-14-25(2)15-17-26/h4-5,8-11,18H,3,6-7,12-17H2,1-2H3/i6D2,12D2,13D2. The van der Waals surface area contributed by atoms with Gasteiger partial charge in [0.2, 0.25) is 0 Å². The summed E-state index contributed by atoms with van der Waals surface area (Å²) in [5.41, 5.74) is 1.26. The molecule has 0 radical (unpaired) electrons. The van der Waals surface area contributed by atoms with Crippen molar-refractivity contribution in [3.05, 3.63) is 48.0 Å². The number of hydrogen-bond acceptors (Lipinski definition) is 5. The van der Waals surface area contributed by atoms with Gasteiger partial charge in [-0.25, -0.2) is 0 Å². The minimum atomic E-state index is -2.92. The second-order valence-corrected chi connectivity index (χ2v) is 8.48. The molecule has 2 aliphatic heterocycles. The van der Waals surface area contributed by atoms with E-state index >= 15 is 0 Å². The maximum atomic E-state index is 12.7. The molecule has 0 aromatic heterocycles. The molecule has 4 rings (SSSR count). The summed E-state index contributed by atoms with van der Waals surface area (Å²) in [6.07, 6.45) is -1.88. The number of carbonyl (C=O) groups excluding carboxylic acids is 1. The SMILES string of the molecule is [2H]C([2H])(N1CCN(C)CC1)C([2H])([2H])C([2H])([2H])N1c2ccccc2Sc2ccc(C(=O)CCC)cc21. The number of rotatable bonds is 7. The highest BCUT2D eigenvalue weighted by Gasteiger charge is 2.24. The van der Waals surface area contributed by atoms with E-state index in [1.807, 2.05) is 31.0 Å². The zero-order valence-electron chi connectivity index (χ0n) is 22.9. The molecule has 29 heavy (non-hydrogen) atoms. The third-order valence-corrected chi connectivity index (χ3v) is 6.34. The molecule has 0 spiro atoms. The van der Waals surface area contributed by atoms with Gasteiger partial charge in [-0.15, -0.1) is 0 Å². The molecule has 0 saturated carbocycles. The van der Waals surface area contributed by atoms with Gasteiger partial charge in [-0.1, -0.05) is 36.9 Å². The smallest absolute Gasteiger partial charge is 0.162 e. The average Bonchev–Trinajstić information content (AvgIpc) is 2.82. The topological polar surface area (TPSA) is 26.8 Å². The van der Waals surface area contributed by atoms with Gasteiger partial charge in [-0.2, -0.15) is 0 Å². The van der Waals surface area contributed by atoms with E-state index in [4.69, 9.17) is 8.22 Å². The number of anilines is 2. The van der Waals surface area contributed by atoms with Crippen LogP contribution in [0.1, 0.15) is 44.7 Å². The van der Waals surface area contributed by atoms with Gasteiger partial charge in [0.1, 0.15) is 0 Å². The molecular formula is C24H31N3OS. The summed E-state index contributed by atoms with van der Waals surface area (Å²) < 4.78 is 53.5. The van der Waals surface area contributed by atoms with E-state index < -0.39 is 19.4 Å². The number of likely N-dealkylation sites (N-methyl/N-ethyl adjacent to an activating group) is 1. The molecule has 2 aromatic carbocycles. The van der Waals surface area contributed by atoms with Crippen LogP contribution >= 0.6 is 11.8 Å². The molecule has 1 fully saturated rings. The van der Waals surface area contributed by atoms with E-state index in [2.05, 4.69) is 0 Å². The summed E-state index contributed by atoms with van der Waals surface area (Å²) >= 11 is 1.43. The third kappa shape index (κ3) is 4.68. The Morgan fingerprint density at radius 1 is 1.03 bits per heavy atom. The lowest BCUT2D eigenvalue weighted by atomic mass is 10.1. The molecule has 4 nitrogen and oxygen atoms in total. The molecule has 2 heterocycles. The number of benzene rings is 2. The third-order valence-electron chi connectivity index (χ3n) is 5.21. The molecule has 5 heteroatoms. The molecule has 0 aliphatic carbocycles. The van der Waals surface area contributed by atoms with Crippen molar-refractivity contribution in [3.8, 4) is 0 Å². The van der Waals surface area contributed by atoms with Crippen LogP contribution in [-0.2, 0) is 0 Å². The van der Waals surface area contributed by atoms with E-state index in [0.717, 1.165) is 4.90 Å². The van der Waals surface area contributed by atoms with Gasteiger partial charge >= 0.3 is 0 Å². The van der Waals surface area contributed by atoms with Crippen LogP contribution in [0.3, 0.4) is 0 Å². The van der Waals surface area contributed by atoms with E-state index in [9.17, 15) is 4.79 Å². The van der Waals surface area contributed by atoms with Crippen molar-refractivity contribution in [1.29, 1.82) is 0 Å². The van der Waals surface area contributed by atoms with Gasteiger partial charge in [0.05, 0.1) is 11.4 Å². The Hall–Kier alpha value is -1.82. The van der Waals surface area contributed by atoms with Gasteiger partial charge in [0.15, 0.2) is 5.78 Å². The van der Waals surface area contributed by atoms with Crippen molar-refractivity contribution in [1.82, 2.24) is 9.80 Å². The second-order valence-electron chi connectivity index (χ2n) is 7.40. The molecular weight excluding hydrogens is 378 g/mol. The van der Waals surface area contributed by atoms with Crippen LogP contribution in [0.5, 0.6) is 0 Å². The number of Topliss-reactive ketones (excluding diaryl/α,β-unsaturated/α-hetero) is 1. The van der Waals surface area contributed by atoms with Gasteiger partial charge in [-0.3, -0.25) is 4.79 Å². The van der Waals surface area contributed by atoms with E-state index in [-0.39, 0.29) is 5.78 Å². The van der Waals surface area contributed by atoms with Crippen LogP contribution in [0.25, 0.3) is 0 Å². The Kier molecular flexibility index (Phi) is 4.58. The lowest BCUT2D eigenvalue weighted by Gasteiger charge is -2.35. The summed E-state index contributed by atoms with van der Waals surface area (Å²) in [6.45, 7) is -1.68. The molecule has 154 valence electrons. The highest BCUT2D eigenvalue weighted by Crippen LogP contribution is 2.48. The predicted octanol–water partition coefficient (Wildman–Crippen LogP) is 4.91. The normalized spacial score (nSPS) is 21.7. The Morgan fingerprint density at radius 2 is 1.79 bits per heavy atom. The highest BCUT2D eigenvalue weighted by atomic mass is 32.2. The number of piperazine rings is 1. The number of nitrogens with zero attached hydrogens (tertiary/aromatic N) is 3. The number of fused-ring (bicyclic) bond motifs is 2. The molecule has 0 atom stereocenters. The quantitative estimate of drug-likeness (QED) is 0.599. The Morgan fingerprint density at radius 3 is 2.59 bits per heavy atom. The lowest BCUT2D eigenvalue weighted by molar-refractivity contribution is 0.0981. The Bertz CT molecular complexity index is 1100. The van der Waals surface area contributed by atoms with Crippen LogP contribution in [-0.4, -0.2) is 61.8 Å². The zero-order chi connectivity index (χ0) is 25.6. The lowest BCUT2D eigenvalue weighted by Crippen LogP contribution is -2.45. The molecule has 0 amide bonds. The first-order valence-corrected chi connectivity index (χ1v) is 10.9. The molecule has 1 saturated heterocycles. The summed E-state index contributed by atoms with van der Waals surface area (Å²) in [6, 6.07) is 12.3. The first kappa shape index (κ1) is 14.2. The summed E-state index contributed by atoms with van der Waals surface area (Å²) in [5, 5.41) is 0. The van der Waals surface area contributed by atoms with Crippen LogP contribution < -0.4 is 4.90 Å². The molecule has 0 unspecified atom stereocenters. The molecule has 0 bridgehead atoms. The first-order valence-electron chi connectivity index (χ1n) is 13.1. The maximum Gasteiger partial charge on any atom is 0.162 e.